The second kappa shape index (κ2) is 12.0. The van der Waals surface area contributed by atoms with Gasteiger partial charge in [-0.05, 0) is 62.9 Å². The van der Waals surface area contributed by atoms with Crippen molar-refractivity contribution in [2.45, 2.75) is 60.0 Å². The van der Waals surface area contributed by atoms with Crippen LogP contribution in [0.2, 0.25) is 0 Å². The molecule has 7 nitrogen and oxygen atoms in total. The summed E-state index contributed by atoms with van der Waals surface area (Å²) in [6.07, 6.45) is 2.88. The molecule has 2 rings (SSSR count). The van der Waals surface area contributed by atoms with E-state index in [9.17, 15) is 18.0 Å². The number of nitrogens with one attached hydrogen (secondary N) is 1. The fourth-order valence-corrected chi connectivity index (χ4v) is 4.55. The summed E-state index contributed by atoms with van der Waals surface area (Å²) in [5, 5.41) is 2.88. The van der Waals surface area contributed by atoms with Crippen molar-refractivity contribution in [2.75, 3.05) is 23.7 Å². The SMILES string of the molecule is CCCCNC(=O)[C@@H](C)N(Cc1ccc(C)cc1)C(=O)CN(c1cc(C)cc(C)c1)S(C)(=O)=O. The normalized spacial score (nSPS) is 12.2. The third-order valence-corrected chi connectivity index (χ3v) is 6.78. The first-order chi connectivity index (χ1) is 15.9. The van der Waals surface area contributed by atoms with Crippen LogP contribution in [0, 0.1) is 20.8 Å². The van der Waals surface area contributed by atoms with E-state index >= 15 is 0 Å². The Hall–Kier alpha value is -2.87. The molecule has 0 heterocycles. The number of aryl methyl sites for hydroxylation is 3. The molecule has 34 heavy (non-hydrogen) atoms. The smallest absolute Gasteiger partial charge is 0.244 e. The summed E-state index contributed by atoms with van der Waals surface area (Å²) in [5.41, 5.74) is 4.19. The number of rotatable bonds is 11. The van der Waals surface area contributed by atoms with Gasteiger partial charge in [-0.1, -0.05) is 49.2 Å². The van der Waals surface area contributed by atoms with Crippen LogP contribution in [0.25, 0.3) is 0 Å². The second-order valence-corrected chi connectivity index (χ2v) is 10.9. The topological polar surface area (TPSA) is 86.8 Å². The van der Waals surface area contributed by atoms with Gasteiger partial charge in [0.15, 0.2) is 0 Å². The predicted molar refractivity (Wildman–Crippen MR) is 137 cm³/mol. The molecule has 0 bridgehead atoms. The molecular weight excluding hydrogens is 450 g/mol. The van der Waals surface area contributed by atoms with Gasteiger partial charge in [-0.15, -0.1) is 0 Å². The molecule has 0 aromatic heterocycles. The maximum absolute atomic E-state index is 13.5. The van der Waals surface area contributed by atoms with Gasteiger partial charge in [0.1, 0.15) is 12.6 Å². The summed E-state index contributed by atoms with van der Waals surface area (Å²) in [6, 6.07) is 12.4. The summed E-state index contributed by atoms with van der Waals surface area (Å²) in [6.45, 7) is 9.79. The highest BCUT2D eigenvalue weighted by molar-refractivity contribution is 7.92. The van der Waals surface area contributed by atoms with E-state index in [1.165, 1.54) is 4.90 Å². The fraction of sp³-hybridized carbons (Fsp3) is 0.462. The highest BCUT2D eigenvalue weighted by Gasteiger charge is 2.30. The molecule has 0 saturated carbocycles. The van der Waals surface area contributed by atoms with Gasteiger partial charge >= 0.3 is 0 Å². The molecule has 2 aromatic rings. The predicted octanol–water partition coefficient (Wildman–Crippen LogP) is 3.71. The number of carbonyl (C=O) groups is 2. The van der Waals surface area contributed by atoms with E-state index in [1.54, 1.807) is 19.1 Å². The first kappa shape index (κ1) is 27.4. The van der Waals surface area contributed by atoms with Crippen molar-refractivity contribution in [3.05, 3.63) is 64.7 Å². The number of benzene rings is 2. The zero-order valence-corrected chi connectivity index (χ0v) is 21.9. The van der Waals surface area contributed by atoms with Crippen LogP contribution in [0.5, 0.6) is 0 Å². The summed E-state index contributed by atoms with van der Waals surface area (Å²) < 4.78 is 26.4. The minimum atomic E-state index is -3.74. The molecule has 1 atom stereocenters. The van der Waals surface area contributed by atoms with Crippen molar-refractivity contribution in [2.24, 2.45) is 0 Å². The van der Waals surface area contributed by atoms with Gasteiger partial charge in [0.2, 0.25) is 21.8 Å². The number of sulfonamides is 1. The number of unbranched alkanes of at least 4 members (excludes halogenated alkanes) is 1. The molecule has 0 aliphatic heterocycles. The highest BCUT2D eigenvalue weighted by Crippen LogP contribution is 2.22. The van der Waals surface area contributed by atoms with Crippen molar-refractivity contribution < 1.29 is 18.0 Å². The van der Waals surface area contributed by atoms with Gasteiger partial charge in [0.25, 0.3) is 0 Å². The molecule has 0 radical (unpaired) electrons. The fourth-order valence-electron chi connectivity index (χ4n) is 3.72. The Morgan fingerprint density at radius 2 is 1.56 bits per heavy atom. The summed E-state index contributed by atoms with van der Waals surface area (Å²) in [5.74, 6) is -0.700. The molecular formula is C26H37N3O4S. The molecule has 1 N–H and O–H groups in total. The minimum Gasteiger partial charge on any atom is -0.354 e. The van der Waals surface area contributed by atoms with E-state index in [4.69, 9.17) is 0 Å². The summed E-state index contributed by atoms with van der Waals surface area (Å²) >= 11 is 0. The average molecular weight is 488 g/mol. The zero-order chi connectivity index (χ0) is 25.5. The Labute approximate surface area is 204 Å². The van der Waals surface area contributed by atoms with Gasteiger partial charge in [-0.25, -0.2) is 8.42 Å². The van der Waals surface area contributed by atoms with Crippen molar-refractivity contribution in [3.63, 3.8) is 0 Å². The Morgan fingerprint density at radius 1 is 0.971 bits per heavy atom. The third-order valence-electron chi connectivity index (χ3n) is 5.64. The third kappa shape index (κ3) is 7.87. The number of carbonyl (C=O) groups excluding carboxylic acids is 2. The van der Waals surface area contributed by atoms with Crippen molar-refractivity contribution in [1.29, 1.82) is 0 Å². The van der Waals surface area contributed by atoms with E-state index < -0.39 is 22.0 Å². The molecule has 2 amide bonds. The van der Waals surface area contributed by atoms with Crippen molar-refractivity contribution >= 4 is 27.5 Å². The maximum Gasteiger partial charge on any atom is 0.244 e. The van der Waals surface area contributed by atoms with E-state index in [0.29, 0.717) is 12.2 Å². The second-order valence-electron chi connectivity index (χ2n) is 8.94. The average Bonchev–Trinajstić information content (AvgIpc) is 2.75. The number of hydrogen-bond donors (Lipinski definition) is 1. The van der Waals surface area contributed by atoms with Crippen LogP contribution in [-0.4, -0.2) is 50.5 Å². The van der Waals surface area contributed by atoms with Crippen LogP contribution in [0.3, 0.4) is 0 Å². The first-order valence-electron chi connectivity index (χ1n) is 11.6. The largest absolute Gasteiger partial charge is 0.354 e. The Kier molecular flexibility index (Phi) is 9.67. The lowest BCUT2D eigenvalue weighted by Crippen LogP contribution is -2.51. The zero-order valence-electron chi connectivity index (χ0n) is 21.1. The minimum absolute atomic E-state index is 0.200. The lowest BCUT2D eigenvalue weighted by Gasteiger charge is -2.31. The van der Waals surface area contributed by atoms with Gasteiger partial charge in [-0.3, -0.25) is 13.9 Å². The quantitative estimate of drug-likeness (QED) is 0.490. The van der Waals surface area contributed by atoms with Crippen molar-refractivity contribution in [1.82, 2.24) is 10.2 Å². The Morgan fingerprint density at radius 3 is 2.09 bits per heavy atom. The molecule has 0 aliphatic carbocycles. The van der Waals surface area contributed by atoms with E-state index in [1.807, 2.05) is 58.0 Å². The highest BCUT2D eigenvalue weighted by atomic mass is 32.2. The first-order valence-corrected chi connectivity index (χ1v) is 13.5. The Bertz CT molecular complexity index is 1080. The van der Waals surface area contributed by atoms with E-state index in [2.05, 4.69) is 5.32 Å². The van der Waals surface area contributed by atoms with Crippen LogP contribution in [0.15, 0.2) is 42.5 Å². The number of anilines is 1. The number of amides is 2. The van der Waals surface area contributed by atoms with Crippen LogP contribution in [-0.2, 0) is 26.2 Å². The van der Waals surface area contributed by atoms with Gasteiger partial charge in [0, 0.05) is 13.1 Å². The van der Waals surface area contributed by atoms with Crippen LogP contribution >= 0.6 is 0 Å². The lowest BCUT2D eigenvalue weighted by molar-refractivity contribution is -0.139. The van der Waals surface area contributed by atoms with E-state index in [-0.39, 0.29) is 19.0 Å². The van der Waals surface area contributed by atoms with Crippen LogP contribution in [0.1, 0.15) is 48.9 Å². The number of nitrogens with zero attached hydrogens (tertiary/aromatic N) is 2. The molecule has 0 fully saturated rings. The summed E-state index contributed by atoms with van der Waals surface area (Å²) in [7, 11) is -3.74. The molecule has 0 saturated heterocycles. The molecule has 0 aliphatic rings. The molecule has 186 valence electrons. The molecule has 0 spiro atoms. The van der Waals surface area contributed by atoms with Gasteiger partial charge in [-0.2, -0.15) is 0 Å². The van der Waals surface area contributed by atoms with Gasteiger partial charge in [0.05, 0.1) is 11.9 Å². The standard InChI is InChI=1S/C26H37N3O4S/c1-7-8-13-27-26(31)22(5)28(17-23-11-9-19(2)10-12-23)25(30)18-29(34(6,32)33)24-15-20(3)14-21(4)16-24/h9-12,14-16,22H,7-8,13,17-18H2,1-6H3,(H,27,31)/t22-/m1/s1. The van der Waals surface area contributed by atoms with E-state index in [0.717, 1.165) is 45.7 Å². The molecule has 0 unspecified atom stereocenters. The summed E-state index contributed by atoms with van der Waals surface area (Å²) in [4.78, 5) is 27.8. The molecule has 2 aromatic carbocycles. The van der Waals surface area contributed by atoms with Gasteiger partial charge < -0.3 is 10.2 Å². The molecule has 8 heteroatoms. The van der Waals surface area contributed by atoms with Crippen LogP contribution in [0.4, 0.5) is 5.69 Å². The Balaban J connectivity index is 2.37. The van der Waals surface area contributed by atoms with Crippen molar-refractivity contribution in [3.8, 4) is 0 Å². The lowest BCUT2D eigenvalue weighted by atomic mass is 10.1. The maximum atomic E-state index is 13.5. The monoisotopic (exact) mass is 487 g/mol. The number of hydrogen-bond acceptors (Lipinski definition) is 4. The van der Waals surface area contributed by atoms with Crippen LogP contribution < -0.4 is 9.62 Å².